The van der Waals surface area contributed by atoms with Crippen LogP contribution in [0.3, 0.4) is 0 Å². The average molecular weight is 1090 g/mol. The molecule has 20 heteroatoms. The van der Waals surface area contributed by atoms with Gasteiger partial charge in [-0.15, -0.1) is 31.0 Å². The molecule has 14 nitrogen and oxygen atoms in total. The van der Waals surface area contributed by atoms with Gasteiger partial charge in [-0.2, -0.15) is 10.2 Å². The highest BCUT2D eigenvalue weighted by molar-refractivity contribution is 5.22. The highest BCUT2D eigenvalue weighted by atomic mass is 19.4. The summed E-state index contributed by atoms with van der Waals surface area (Å²) in [5.41, 5.74) is 2.17. The maximum absolute atomic E-state index is 12.4. The van der Waals surface area contributed by atoms with Crippen molar-refractivity contribution in [3.8, 4) is 0 Å². The van der Waals surface area contributed by atoms with Crippen LogP contribution in [0.15, 0.2) is 126 Å². The Morgan fingerprint density at radius 2 is 0.779 bits per heavy atom. The fourth-order valence-electron chi connectivity index (χ4n) is 6.02. The van der Waals surface area contributed by atoms with E-state index in [2.05, 4.69) is 72.5 Å². The molecule has 0 saturated heterocycles. The van der Waals surface area contributed by atoms with Crippen molar-refractivity contribution in [3.63, 3.8) is 0 Å². The summed E-state index contributed by atoms with van der Waals surface area (Å²) in [4.78, 5) is 66.4. The number of pyridine rings is 4. The Hall–Kier alpha value is -6.86. The molecule has 0 N–H and O–H groups in total. The minimum absolute atomic E-state index is 0.0444. The van der Waals surface area contributed by atoms with Crippen LogP contribution in [0.2, 0.25) is 0 Å². The molecule has 6 aromatic heterocycles. The number of halogens is 6. The van der Waals surface area contributed by atoms with Crippen molar-refractivity contribution in [3.05, 3.63) is 193 Å². The molecule has 0 spiro atoms. The molecule has 0 fully saturated rings. The second-order valence-corrected chi connectivity index (χ2v) is 23.8. The van der Waals surface area contributed by atoms with Gasteiger partial charge in [-0.25, -0.2) is 9.25 Å². The van der Waals surface area contributed by atoms with E-state index in [-0.39, 0.29) is 48.7 Å². The van der Waals surface area contributed by atoms with Crippen LogP contribution < -0.4 is 33.4 Å². The van der Waals surface area contributed by atoms with E-state index < -0.39 is 39.2 Å². The third kappa shape index (κ3) is 22.7. The van der Waals surface area contributed by atoms with Gasteiger partial charge in [0, 0.05) is 94.8 Å². The van der Waals surface area contributed by atoms with Crippen LogP contribution >= 0.6 is 0 Å². The summed E-state index contributed by atoms with van der Waals surface area (Å²) >= 11 is 0. The molecule has 6 rings (SSSR count). The summed E-state index contributed by atoms with van der Waals surface area (Å²) in [5.74, 6) is 0.377. The van der Waals surface area contributed by atoms with Crippen molar-refractivity contribution in [1.82, 2.24) is 37.8 Å². The van der Waals surface area contributed by atoms with E-state index >= 15 is 0 Å². The summed E-state index contributed by atoms with van der Waals surface area (Å²) < 4.78 is 79.6. The Morgan fingerprint density at radius 3 is 1.12 bits per heavy atom. The van der Waals surface area contributed by atoms with E-state index in [1.165, 1.54) is 22.4 Å². The van der Waals surface area contributed by atoms with Gasteiger partial charge < -0.3 is 13.7 Å². The standard InChI is InChI=1S/C10H12F3NO.3C10H15NO.C9H11F3N2O.C8H12N2O/c1-9(2,3)7-4-5-8(15)14(6-7)10(11,12)13;2*1-10(2,3)8-5-6-11(4)9(12)7-8;1-10(2,3)8-5-6-9(12)11(4)7-8;1-8(2,3)6-4-5-7(15)14(13-6)9(10,11)12;1-6(2)7-4-5-8(11)10(3)9-7/h4-6H,1-3H3;3*5-7H,1-4H3;4-5H,1-3H3;4-6H,1-3H3. The van der Waals surface area contributed by atoms with Gasteiger partial charge in [0.05, 0.1) is 11.4 Å². The highest BCUT2D eigenvalue weighted by Gasteiger charge is 2.35. The number of hydrogen-bond donors (Lipinski definition) is 0. The molecule has 6 aromatic rings. The van der Waals surface area contributed by atoms with Crippen molar-refractivity contribution in [1.29, 1.82) is 0 Å². The van der Waals surface area contributed by atoms with E-state index in [1.54, 1.807) is 114 Å². The lowest BCUT2D eigenvalue weighted by molar-refractivity contribution is -0.215. The predicted molar refractivity (Wildman–Crippen MR) is 294 cm³/mol. The number of aromatic nitrogens is 8. The first kappa shape index (κ1) is 68.2. The van der Waals surface area contributed by atoms with E-state index in [0.717, 1.165) is 35.2 Å². The molecule has 0 aromatic carbocycles. The average Bonchev–Trinajstić information content (AvgIpc) is 3.26. The first-order valence-corrected chi connectivity index (χ1v) is 24.6. The van der Waals surface area contributed by atoms with Crippen molar-refractivity contribution < 1.29 is 26.3 Å². The number of hydrogen-bond acceptors (Lipinski definition) is 8. The fraction of sp³-hybridized carbons (Fsp3) is 0.509. The summed E-state index contributed by atoms with van der Waals surface area (Å²) in [5, 5.41) is 7.37. The zero-order chi connectivity index (χ0) is 60.2. The van der Waals surface area contributed by atoms with Crippen LogP contribution in [0.25, 0.3) is 0 Å². The lowest BCUT2D eigenvalue weighted by Crippen LogP contribution is -2.34. The summed E-state index contributed by atoms with van der Waals surface area (Å²) in [6.45, 7) is 33.6. The SMILES string of the molecule is CC(C)(C)c1ccc(=O)n(C(F)(F)F)c1.CC(C)(C)c1ccc(=O)n(C(F)(F)F)n1.CC(C)c1ccc(=O)n(C)n1.Cn1cc(C(C)(C)C)ccc1=O.Cn1ccc(C(C)(C)C)cc1=O.Cn1ccc(C(C)(C)C)cc1=O. The zero-order valence-corrected chi connectivity index (χ0v) is 48.6. The molecule has 77 heavy (non-hydrogen) atoms. The number of aryl methyl sites for hydroxylation is 4. The molecular formula is C57H80F6N8O6. The largest absolute Gasteiger partial charge is 0.507 e. The highest BCUT2D eigenvalue weighted by Crippen LogP contribution is 2.26. The summed E-state index contributed by atoms with van der Waals surface area (Å²) in [6, 6.07) is 18.7. The molecule has 6 heterocycles. The molecule has 0 radical (unpaired) electrons. The van der Waals surface area contributed by atoms with Crippen molar-refractivity contribution >= 4 is 0 Å². The molecule has 0 aliphatic rings. The lowest BCUT2D eigenvalue weighted by Gasteiger charge is -2.20. The van der Waals surface area contributed by atoms with Crippen LogP contribution in [0.1, 0.15) is 157 Å². The van der Waals surface area contributed by atoms with E-state index in [9.17, 15) is 55.1 Å². The smallest absolute Gasteiger partial charge is 0.319 e. The molecular weight excluding hydrogens is 1010 g/mol. The maximum atomic E-state index is 12.4. The fourth-order valence-corrected chi connectivity index (χ4v) is 6.02. The first-order chi connectivity index (χ1) is 34.6. The lowest BCUT2D eigenvalue weighted by atomic mass is 9.88. The van der Waals surface area contributed by atoms with Crippen LogP contribution in [0.5, 0.6) is 0 Å². The van der Waals surface area contributed by atoms with E-state index in [4.69, 9.17) is 0 Å². The van der Waals surface area contributed by atoms with E-state index in [1.807, 2.05) is 50.6 Å². The minimum Gasteiger partial charge on any atom is -0.319 e. The van der Waals surface area contributed by atoms with Crippen LogP contribution in [-0.4, -0.2) is 37.8 Å². The topological polar surface area (TPSA) is 158 Å². The van der Waals surface area contributed by atoms with Gasteiger partial charge in [0.1, 0.15) is 0 Å². The van der Waals surface area contributed by atoms with E-state index in [0.29, 0.717) is 11.5 Å². The molecule has 0 saturated carbocycles. The third-order valence-electron chi connectivity index (χ3n) is 11.3. The van der Waals surface area contributed by atoms with Gasteiger partial charge in [-0.05, 0) is 74.1 Å². The third-order valence-corrected chi connectivity index (χ3v) is 11.3. The molecule has 0 atom stereocenters. The molecule has 0 amide bonds. The second kappa shape index (κ2) is 26.5. The Morgan fingerprint density at radius 1 is 0.390 bits per heavy atom. The number of rotatable bonds is 1. The molecule has 0 bridgehead atoms. The monoisotopic (exact) mass is 1090 g/mol. The van der Waals surface area contributed by atoms with Gasteiger partial charge in [-0.1, -0.05) is 130 Å². The van der Waals surface area contributed by atoms with Gasteiger partial charge in [0.2, 0.25) is 5.56 Å². The normalized spacial score (nSPS) is 12.0. The quantitative estimate of drug-likeness (QED) is 0.147. The summed E-state index contributed by atoms with van der Waals surface area (Å²) in [6.07, 6.45) is -3.06. The van der Waals surface area contributed by atoms with Crippen LogP contribution in [-0.2, 0) is 67.9 Å². The Bertz CT molecular complexity index is 3100. The van der Waals surface area contributed by atoms with Gasteiger partial charge in [0.15, 0.2) is 0 Å². The minimum atomic E-state index is -4.77. The Kier molecular flexibility index (Phi) is 23.4. The maximum Gasteiger partial charge on any atom is 0.507 e. The summed E-state index contributed by atoms with van der Waals surface area (Å²) in [7, 11) is 6.95. The Balaban J connectivity index is 0.000000464. The number of nitrogens with zero attached hydrogens (tertiary/aromatic N) is 8. The van der Waals surface area contributed by atoms with Crippen molar-refractivity contribution in [2.24, 2.45) is 28.2 Å². The molecule has 0 aliphatic heterocycles. The Labute approximate surface area is 447 Å². The predicted octanol–water partition coefficient (Wildman–Crippen LogP) is 10.6. The van der Waals surface area contributed by atoms with Crippen molar-refractivity contribution in [2.45, 2.75) is 163 Å². The first-order valence-electron chi connectivity index (χ1n) is 24.6. The second-order valence-electron chi connectivity index (χ2n) is 23.8. The molecule has 0 unspecified atom stereocenters. The molecule has 426 valence electrons. The number of alkyl halides is 6. The molecule has 0 aliphatic carbocycles. The van der Waals surface area contributed by atoms with Crippen LogP contribution in [0, 0.1) is 0 Å². The zero-order valence-electron chi connectivity index (χ0n) is 48.6. The van der Waals surface area contributed by atoms with Gasteiger partial charge in [0.25, 0.3) is 27.8 Å². The van der Waals surface area contributed by atoms with Crippen LogP contribution in [0.4, 0.5) is 26.3 Å². The van der Waals surface area contributed by atoms with Gasteiger partial charge in [-0.3, -0.25) is 28.8 Å². The van der Waals surface area contributed by atoms with Crippen molar-refractivity contribution in [2.75, 3.05) is 0 Å². The van der Waals surface area contributed by atoms with Gasteiger partial charge >= 0.3 is 12.6 Å².